The summed E-state index contributed by atoms with van der Waals surface area (Å²) < 4.78 is 23.7. The van der Waals surface area contributed by atoms with E-state index < -0.39 is 10.0 Å². The van der Waals surface area contributed by atoms with Crippen LogP contribution in [0.5, 0.6) is 0 Å². The molecule has 3 aromatic rings. The van der Waals surface area contributed by atoms with Gasteiger partial charge in [-0.15, -0.1) is 0 Å². The number of oxime groups is 1. The second-order valence-electron chi connectivity index (χ2n) is 7.51. The van der Waals surface area contributed by atoms with E-state index in [0.29, 0.717) is 29.8 Å². The molecule has 0 radical (unpaired) electrons. The zero-order chi connectivity index (χ0) is 24.0. The Labute approximate surface area is 193 Å². The molecule has 33 heavy (non-hydrogen) atoms. The highest BCUT2D eigenvalue weighted by Gasteiger charge is 2.16. The quantitative estimate of drug-likeness (QED) is 0.203. The molecule has 0 aromatic heterocycles. The van der Waals surface area contributed by atoms with Crippen molar-refractivity contribution in [1.29, 1.82) is 0 Å². The Bertz CT molecular complexity index is 1270. The van der Waals surface area contributed by atoms with Crippen LogP contribution in [0.2, 0.25) is 0 Å². The third-order valence-electron chi connectivity index (χ3n) is 5.25. The van der Waals surface area contributed by atoms with E-state index in [9.17, 15) is 13.2 Å². The minimum absolute atomic E-state index is 0.00956. The second-order valence-corrected chi connectivity index (χ2v) is 9.04. The monoisotopic (exact) mass is 466 g/mol. The Morgan fingerprint density at radius 2 is 1.70 bits per heavy atom. The lowest BCUT2D eigenvalue weighted by molar-refractivity contribution is -0.130. The average molecular weight is 467 g/mol. The summed E-state index contributed by atoms with van der Waals surface area (Å²) in [5.41, 5.74) is 9.11. The first-order valence-corrected chi connectivity index (χ1v) is 11.8. The van der Waals surface area contributed by atoms with E-state index in [4.69, 9.17) is 16.1 Å². The van der Waals surface area contributed by atoms with E-state index in [2.05, 4.69) is 5.16 Å². The van der Waals surface area contributed by atoms with Gasteiger partial charge in [-0.2, -0.15) is 0 Å². The van der Waals surface area contributed by atoms with Crippen LogP contribution in [0.4, 0.5) is 0 Å². The molecule has 0 fully saturated rings. The van der Waals surface area contributed by atoms with Gasteiger partial charge in [0.2, 0.25) is 15.9 Å². The number of nitrogens with two attached hydrogens (primary N) is 2. The Hall–Kier alpha value is -3.69. The van der Waals surface area contributed by atoms with Crippen molar-refractivity contribution in [2.24, 2.45) is 16.0 Å². The number of carbonyl (C=O) groups excluding carboxylic acids is 1. The van der Waals surface area contributed by atoms with Gasteiger partial charge in [0.1, 0.15) is 0 Å². The van der Waals surface area contributed by atoms with Crippen molar-refractivity contribution in [3.63, 3.8) is 0 Å². The molecule has 0 saturated heterocycles. The van der Waals surface area contributed by atoms with Crippen molar-refractivity contribution in [3.05, 3.63) is 89.5 Å². The fourth-order valence-corrected chi connectivity index (χ4v) is 4.29. The summed E-state index contributed by atoms with van der Waals surface area (Å²) in [5, 5.41) is 17.2. The Morgan fingerprint density at radius 1 is 1.00 bits per heavy atom. The highest BCUT2D eigenvalue weighted by molar-refractivity contribution is 7.89. The molecule has 0 aliphatic carbocycles. The van der Waals surface area contributed by atoms with Gasteiger partial charge in [-0.05, 0) is 35.7 Å². The molecule has 3 rings (SSSR count). The summed E-state index contributed by atoms with van der Waals surface area (Å²) in [7, 11) is -3.86. The van der Waals surface area contributed by atoms with Gasteiger partial charge in [0.15, 0.2) is 5.84 Å². The molecule has 0 unspecified atom stereocenters. The average Bonchev–Trinajstić information content (AvgIpc) is 2.82. The highest BCUT2D eigenvalue weighted by Crippen LogP contribution is 2.27. The molecule has 8 nitrogen and oxygen atoms in total. The van der Waals surface area contributed by atoms with Gasteiger partial charge in [-0.3, -0.25) is 4.79 Å². The fraction of sp³-hybridized carbons (Fsp3) is 0.167. The molecule has 5 N–H and O–H groups in total. The number of likely N-dealkylation sites (N-methyl/N-ethyl adjacent to an activating group) is 1. The summed E-state index contributed by atoms with van der Waals surface area (Å²) in [6.07, 6.45) is 0.199. The van der Waals surface area contributed by atoms with Crippen LogP contribution < -0.4 is 10.9 Å². The van der Waals surface area contributed by atoms with E-state index in [0.717, 1.165) is 11.1 Å². The summed E-state index contributed by atoms with van der Waals surface area (Å²) in [6, 6.07) is 20.9. The second kappa shape index (κ2) is 10.3. The summed E-state index contributed by atoms with van der Waals surface area (Å²) in [5.74, 6) is -0.0419. The standard InChI is InChI=1S/C24H26N4O4S/c1-2-28(16-18-6-5-7-20(14-18)24(25)27-30)23(29)15-17-10-12-19(13-11-17)21-8-3-4-9-22(21)33(26,31)32/h3-14,30H,2,15-16H2,1H3,(H2,25,27)(H2,26,31,32). The molecule has 0 heterocycles. The van der Waals surface area contributed by atoms with E-state index >= 15 is 0 Å². The summed E-state index contributed by atoms with van der Waals surface area (Å²) in [4.78, 5) is 14.7. The number of hydrogen-bond donors (Lipinski definition) is 3. The minimum Gasteiger partial charge on any atom is -0.409 e. The van der Waals surface area contributed by atoms with Gasteiger partial charge in [-0.1, -0.05) is 65.8 Å². The van der Waals surface area contributed by atoms with Crippen LogP contribution in [0.3, 0.4) is 0 Å². The lowest BCUT2D eigenvalue weighted by Gasteiger charge is -2.21. The van der Waals surface area contributed by atoms with E-state index in [1.165, 1.54) is 6.07 Å². The Kier molecular flexibility index (Phi) is 7.47. The zero-order valence-corrected chi connectivity index (χ0v) is 19.0. The van der Waals surface area contributed by atoms with Crippen molar-refractivity contribution in [2.45, 2.75) is 24.8 Å². The van der Waals surface area contributed by atoms with Crippen LogP contribution in [-0.4, -0.2) is 36.8 Å². The summed E-state index contributed by atoms with van der Waals surface area (Å²) in [6.45, 7) is 2.81. The van der Waals surface area contributed by atoms with Crippen molar-refractivity contribution in [2.75, 3.05) is 6.54 Å². The SMILES string of the molecule is CCN(Cc1cccc(C(N)=NO)c1)C(=O)Cc1ccc(-c2ccccc2S(N)(=O)=O)cc1. The van der Waals surface area contributed by atoms with E-state index in [1.807, 2.05) is 13.0 Å². The van der Waals surface area contributed by atoms with Crippen LogP contribution in [0, 0.1) is 0 Å². The number of sulfonamides is 1. The molecule has 1 amide bonds. The molecule has 172 valence electrons. The van der Waals surface area contributed by atoms with Crippen molar-refractivity contribution in [3.8, 4) is 11.1 Å². The molecule has 0 bridgehead atoms. The van der Waals surface area contributed by atoms with Crippen molar-refractivity contribution < 1.29 is 18.4 Å². The van der Waals surface area contributed by atoms with Crippen LogP contribution in [0.25, 0.3) is 11.1 Å². The molecule has 0 aliphatic heterocycles. The highest BCUT2D eigenvalue weighted by atomic mass is 32.2. The summed E-state index contributed by atoms with van der Waals surface area (Å²) >= 11 is 0. The number of rotatable bonds is 8. The first-order chi connectivity index (χ1) is 15.7. The molecule has 3 aromatic carbocycles. The number of hydrogen-bond acceptors (Lipinski definition) is 5. The largest absolute Gasteiger partial charge is 0.409 e. The molecular formula is C24H26N4O4S. The predicted molar refractivity (Wildman–Crippen MR) is 127 cm³/mol. The van der Waals surface area contributed by atoms with Crippen LogP contribution in [0.1, 0.15) is 23.6 Å². The normalized spacial score (nSPS) is 11.9. The number of amidine groups is 1. The van der Waals surface area contributed by atoms with Crippen LogP contribution in [0.15, 0.2) is 82.8 Å². The zero-order valence-electron chi connectivity index (χ0n) is 18.2. The van der Waals surface area contributed by atoms with Gasteiger partial charge in [-0.25, -0.2) is 13.6 Å². The van der Waals surface area contributed by atoms with Gasteiger partial charge < -0.3 is 15.8 Å². The van der Waals surface area contributed by atoms with Gasteiger partial charge in [0.25, 0.3) is 0 Å². The molecule has 0 saturated carbocycles. The fourth-order valence-electron chi connectivity index (χ4n) is 3.53. The smallest absolute Gasteiger partial charge is 0.238 e. The Morgan fingerprint density at radius 3 is 2.33 bits per heavy atom. The number of primary sulfonamides is 1. The Balaban J connectivity index is 1.74. The first-order valence-electron chi connectivity index (χ1n) is 10.3. The number of nitrogens with zero attached hydrogens (tertiary/aromatic N) is 2. The number of amides is 1. The van der Waals surface area contributed by atoms with E-state index in [1.54, 1.807) is 65.6 Å². The molecule has 0 aliphatic rings. The molecule has 9 heteroatoms. The molecule has 0 spiro atoms. The molecular weight excluding hydrogens is 440 g/mol. The third-order valence-corrected chi connectivity index (χ3v) is 6.22. The predicted octanol–water partition coefficient (Wildman–Crippen LogP) is 2.69. The lowest BCUT2D eigenvalue weighted by atomic mass is 10.0. The van der Waals surface area contributed by atoms with Crippen molar-refractivity contribution >= 4 is 21.8 Å². The van der Waals surface area contributed by atoms with Crippen molar-refractivity contribution in [1.82, 2.24) is 4.90 Å². The number of benzene rings is 3. The maximum absolute atomic E-state index is 12.9. The van der Waals surface area contributed by atoms with Gasteiger partial charge in [0.05, 0.1) is 11.3 Å². The first kappa shape index (κ1) is 24.0. The topological polar surface area (TPSA) is 139 Å². The minimum atomic E-state index is -3.86. The van der Waals surface area contributed by atoms with Crippen LogP contribution >= 0.6 is 0 Å². The molecule has 0 atom stereocenters. The maximum Gasteiger partial charge on any atom is 0.238 e. The van der Waals surface area contributed by atoms with Gasteiger partial charge >= 0.3 is 0 Å². The van der Waals surface area contributed by atoms with Gasteiger partial charge in [0, 0.05) is 24.2 Å². The third kappa shape index (κ3) is 5.97. The maximum atomic E-state index is 12.9. The van der Waals surface area contributed by atoms with E-state index in [-0.39, 0.29) is 23.1 Å². The number of carbonyl (C=O) groups is 1. The van der Waals surface area contributed by atoms with Crippen LogP contribution in [-0.2, 0) is 27.8 Å². The lowest BCUT2D eigenvalue weighted by Crippen LogP contribution is -2.31.